The highest BCUT2D eigenvalue weighted by molar-refractivity contribution is 6.10. The van der Waals surface area contributed by atoms with Crippen LogP contribution in [0.1, 0.15) is 19.4 Å². The van der Waals surface area contributed by atoms with Crippen molar-refractivity contribution in [3.8, 4) is 0 Å². The predicted octanol–water partition coefficient (Wildman–Crippen LogP) is 3.66. The molecular formula is C24H23N3O3. The van der Waals surface area contributed by atoms with Crippen LogP contribution in [0, 0.1) is 0 Å². The zero-order valence-electron chi connectivity index (χ0n) is 17.0. The van der Waals surface area contributed by atoms with Gasteiger partial charge in [-0.2, -0.15) is 0 Å². The highest BCUT2D eigenvalue weighted by Crippen LogP contribution is 2.29. The van der Waals surface area contributed by atoms with Crippen LogP contribution in [0.25, 0.3) is 10.8 Å². The summed E-state index contributed by atoms with van der Waals surface area (Å²) in [6, 6.07) is 22.2. The second-order valence-electron chi connectivity index (χ2n) is 7.48. The van der Waals surface area contributed by atoms with E-state index in [1.165, 1.54) is 0 Å². The summed E-state index contributed by atoms with van der Waals surface area (Å²) in [4.78, 5) is 41.3. The molecule has 1 unspecified atom stereocenters. The van der Waals surface area contributed by atoms with Gasteiger partial charge in [-0.15, -0.1) is 0 Å². The van der Waals surface area contributed by atoms with E-state index in [0.717, 1.165) is 21.4 Å². The lowest BCUT2D eigenvalue weighted by Crippen LogP contribution is -2.44. The molecule has 1 aliphatic rings. The van der Waals surface area contributed by atoms with E-state index in [1.807, 2.05) is 67.6 Å². The molecule has 1 fully saturated rings. The number of urea groups is 1. The third-order valence-electron chi connectivity index (χ3n) is 5.58. The molecule has 30 heavy (non-hydrogen) atoms. The molecule has 1 atom stereocenters. The summed E-state index contributed by atoms with van der Waals surface area (Å²) in [5.74, 6) is -0.741. The Bertz CT molecular complexity index is 1130. The second kappa shape index (κ2) is 7.63. The van der Waals surface area contributed by atoms with Gasteiger partial charge in [0, 0.05) is 12.2 Å². The van der Waals surface area contributed by atoms with Gasteiger partial charge in [0.2, 0.25) is 5.91 Å². The third kappa shape index (κ3) is 3.30. The molecule has 1 N–H and O–H groups in total. The Morgan fingerprint density at radius 2 is 1.63 bits per heavy atom. The van der Waals surface area contributed by atoms with Crippen molar-refractivity contribution in [3.63, 3.8) is 0 Å². The topological polar surface area (TPSA) is 69.7 Å². The number of likely N-dealkylation sites (N-methyl/N-ethyl adjacent to an activating group) is 1. The van der Waals surface area contributed by atoms with Gasteiger partial charge in [-0.1, -0.05) is 60.7 Å². The number of fused-ring (bicyclic) bond motifs is 1. The van der Waals surface area contributed by atoms with Gasteiger partial charge in [-0.25, -0.2) is 4.79 Å². The van der Waals surface area contributed by atoms with Crippen LogP contribution in [0.5, 0.6) is 0 Å². The number of rotatable bonds is 5. The molecule has 0 aromatic heterocycles. The number of carbonyl (C=O) groups excluding carboxylic acids is 3. The van der Waals surface area contributed by atoms with E-state index < -0.39 is 17.5 Å². The van der Waals surface area contributed by atoms with Crippen LogP contribution in [-0.2, 0) is 15.1 Å². The van der Waals surface area contributed by atoms with Gasteiger partial charge in [-0.05, 0) is 42.3 Å². The summed E-state index contributed by atoms with van der Waals surface area (Å²) in [6.07, 6.45) is 0. The van der Waals surface area contributed by atoms with Crippen LogP contribution in [-0.4, -0.2) is 35.8 Å². The van der Waals surface area contributed by atoms with Gasteiger partial charge in [0.1, 0.15) is 12.1 Å². The molecule has 1 aliphatic heterocycles. The number of carbonyl (C=O) groups is 3. The molecule has 0 bridgehead atoms. The van der Waals surface area contributed by atoms with Crippen molar-refractivity contribution in [1.82, 2.24) is 10.2 Å². The minimum atomic E-state index is -1.18. The Balaban J connectivity index is 1.57. The summed E-state index contributed by atoms with van der Waals surface area (Å²) in [5.41, 5.74) is 0.234. The molecule has 0 radical (unpaired) electrons. The molecule has 6 nitrogen and oxygen atoms in total. The van der Waals surface area contributed by atoms with E-state index in [2.05, 4.69) is 5.32 Å². The van der Waals surface area contributed by atoms with Gasteiger partial charge in [0.25, 0.3) is 5.91 Å². The van der Waals surface area contributed by atoms with Crippen LogP contribution < -0.4 is 10.2 Å². The molecule has 0 saturated carbocycles. The molecule has 4 amide bonds. The van der Waals surface area contributed by atoms with E-state index in [0.29, 0.717) is 12.1 Å². The zero-order valence-corrected chi connectivity index (χ0v) is 17.0. The van der Waals surface area contributed by atoms with Crippen LogP contribution in [0.15, 0.2) is 72.8 Å². The number of hydrogen-bond acceptors (Lipinski definition) is 3. The molecule has 6 heteroatoms. The lowest BCUT2D eigenvalue weighted by molar-refractivity contribution is -0.134. The molecule has 3 aromatic carbocycles. The standard InChI is InChI=1S/C24H23N3O3/c1-3-26(20-14-13-17-9-7-8-10-18(17)15-20)21(28)16-27-22(29)24(2,25-23(27)30)19-11-5-4-6-12-19/h4-15H,3,16H2,1-2H3,(H,25,30). The van der Waals surface area contributed by atoms with E-state index in [9.17, 15) is 14.4 Å². The maximum absolute atomic E-state index is 13.1. The highest BCUT2D eigenvalue weighted by atomic mass is 16.2. The number of anilines is 1. The number of amides is 4. The Hall–Kier alpha value is -3.67. The van der Waals surface area contributed by atoms with Crippen molar-refractivity contribution in [1.29, 1.82) is 0 Å². The molecule has 1 saturated heterocycles. The molecule has 4 rings (SSSR count). The second-order valence-corrected chi connectivity index (χ2v) is 7.48. The number of hydrogen-bond donors (Lipinski definition) is 1. The van der Waals surface area contributed by atoms with Crippen LogP contribution in [0.3, 0.4) is 0 Å². The highest BCUT2D eigenvalue weighted by Gasteiger charge is 2.49. The van der Waals surface area contributed by atoms with Crippen molar-refractivity contribution in [2.75, 3.05) is 18.0 Å². The number of nitrogens with zero attached hydrogens (tertiary/aromatic N) is 2. The fourth-order valence-corrected chi connectivity index (χ4v) is 3.88. The maximum Gasteiger partial charge on any atom is 0.325 e. The average molecular weight is 401 g/mol. The smallest absolute Gasteiger partial charge is 0.319 e. The SMILES string of the molecule is CCN(C(=O)CN1C(=O)NC(C)(c2ccccc2)C1=O)c1ccc2ccccc2c1. The molecule has 0 spiro atoms. The molecular weight excluding hydrogens is 378 g/mol. The minimum absolute atomic E-state index is 0.311. The first-order valence-electron chi connectivity index (χ1n) is 9.93. The Morgan fingerprint density at radius 1 is 0.967 bits per heavy atom. The maximum atomic E-state index is 13.1. The van der Waals surface area contributed by atoms with E-state index in [4.69, 9.17) is 0 Å². The van der Waals surface area contributed by atoms with Crippen molar-refractivity contribution < 1.29 is 14.4 Å². The first-order chi connectivity index (χ1) is 14.4. The summed E-state index contributed by atoms with van der Waals surface area (Å²) in [7, 11) is 0. The number of nitrogens with one attached hydrogen (secondary N) is 1. The molecule has 152 valence electrons. The van der Waals surface area contributed by atoms with E-state index >= 15 is 0 Å². The summed E-state index contributed by atoms with van der Waals surface area (Å²) in [6.45, 7) is 3.64. The van der Waals surface area contributed by atoms with Crippen molar-refractivity contribution in [3.05, 3.63) is 78.4 Å². The number of benzene rings is 3. The van der Waals surface area contributed by atoms with Gasteiger partial charge < -0.3 is 10.2 Å². The normalized spacial score (nSPS) is 18.5. The van der Waals surface area contributed by atoms with Crippen molar-refractivity contribution in [2.45, 2.75) is 19.4 Å². The molecule has 1 heterocycles. The van der Waals surface area contributed by atoms with Crippen LogP contribution in [0.4, 0.5) is 10.5 Å². The molecule has 3 aromatic rings. The first kappa shape index (κ1) is 19.6. The molecule has 0 aliphatic carbocycles. The largest absolute Gasteiger partial charge is 0.325 e. The van der Waals surface area contributed by atoms with Gasteiger partial charge in [0.05, 0.1) is 0 Å². The van der Waals surface area contributed by atoms with E-state index in [-0.39, 0.29) is 12.5 Å². The Morgan fingerprint density at radius 3 is 2.33 bits per heavy atom. The third-order valence-corrected chi connectivity index (χ3v) is 5.58. The van der Waals surface area contributed by atoms with Crippen LogP contribution in [0.2, 0.25) is 0 Å². The van der Waals surface area contributed by atoms with Gasteiger partial charge in [0.15, 0.2) is 0 Å². The average Bonchev–Trinajstić information content (AvgIpc) is 2.99. The van der Waals surface area contributed by atoms with Crippen molar-refractivity contribution >= 4 is 34.3 Å². The van der Waals surface area contributed by atoms with Crippen molar-refractivity contribution in [2.24, 2.45) is 0 Å². The lowest BCUT2D eigenvalue weighted by atomic mass is 9.92. The van der Waals surface area contributed by atoms with E-state index in [1.54, 1.807) is 24.0 Å². The number of imide groups is 1. The monoisotopic (exact) mass is 401 g/mol. The fourth-order valence-electron chi connectivity index (χ4n) is 3.88. The zero-order chi connectivity index (χ0) is 21.3. The minimum Gasteiger partial charge on any atom is -0.319 e. The van der Waals surface area contributed by atoms with Gasteiger partial charge in [-0.3, -0.25) is 14.5 Å². The lowest BCUT2D eigenvalue weighted by Gasteiger charge is -2.25. The van der Waals surface area contributed by atoms with Gasteiger partial charge >= 0.3 is 6.03 Å². The summed E-state index contributed by atoms with van der Waals surface area (Å²) >= 11 is 0. The first-order valence-corrected chi connectivity index (χ1v) is 9.93. The quantitative estimate of drug-likeness (QED) is 0.664. The van der Waals surface area contributed by atoms with Crippen LogP contribution >= 0.6 is 0 Å². The predicted molar refractivity (Wildman–Crippen MR) is 116 cm³/mol. The summed E-state index contributed by atoms with van der Waals surface area (Å²) < 4.78 is 0. The Kier molecular flexibility index (Phi) is 4.99. The Labute approximate surface area is 175 Å². The fraction of sp³-hybridized carbons (Fsp3) is 0.208. The summed E-state index contributed by atoms with van der Waals surface area (Å²) in [5, 5.41) is 4.84.